The van der Waals surface area contributed by atoms with Crippen LogP contribution in [0.4, 0.5) is 4.39 Å². The van der Waals surface area contributed by atoms with Gasteiger partial charge < -0.3 is 10.3 Å². The fraction of sp³-hybridized carbons (Fsp3) is 0.167. The molecule has 0 radical (unpaired) electrons. The minimum atomic E-state index is -1.09. The van der Waals surface area contributed by atoms with Gasteiger partial charge in [-0.2, -0.15) is 0 Å². The molecule has 1 aromatic heterocycles. The summed E-state index contributed by atoms with van der Waals surface area (Å²) in [5.74, 6) is 0. The summed E-state index contributed by atoms with van der Waals surface area (Å²) >= 11 is 0. The number of fused-ring (bicyclic) bond motifs is 1. The number of nitrogens with one attached hydrogen (secondary N) is 2. The summed E-state index contributed by atoms with van der Waals surface area (Å²) in [7, 11) is 0. The molecule has 1 atom stereocenters. The number of rotatable bonds is 7. The fourth-order valence-electron chi connectivity index (χ4n) is 3.47. The predicted molar refractivity (Wildman–Crippen MR) is 110 cm³/mol. The van der Waals surface area contributed by atoms with Crippen molar-refractivity contribution in [1.29, 1.82) is 0 Å². The van der Waals surface area contributed by atoms with E-state index in [4.69, 9.17) is 0 Å². The molecule has 2 nitrogen and oxygen atoms in total. The van der Waals surface area contributed by atoms with E-state index < -0.39 is 6.17 Å². The molecule has 2 N–H and O–H groups in total. The number of hydrogen-bond donors (Lipinski definition) is 2. The standard InChI is InChI=1S/C24H23FN2/c25-24(19-8-2-1-3-9-19)20-10-6-7-18(15-20)16-26-14-13-21-17-27-23-12-5-4-11-22(21)23/h1-12,15,17,24,26-27H,13-14,16H2. The molecule has 0 aliphatic rings. The Morgan fingerprint density at radius 2 is 1.63 bits per heavy atom. The van der Waals surface area contributed by atoms with E-state index in [9.17, 15) is 4.39 Å². The average molecular weight is 358 g/mol. The molecule has 3 heteroatoms. The molecule has 0 amide bonds. The lowest BCUT2D eigenvalue weighted by Gasteiger charge is -2.11. The molecule has 1 unspecified atom stereocenters. The molecule has 1 heterocycles. The average Bonchev–Trinajstić information content (AvgIpc) is 3.15. The Bertz CT molecular complexity index is 1010. The SMILES string of the molecule is FC(c1ccccc1)c1cccc(CNCCc2c[nH]c3ccccc23)c1. The van der Waals surface area contributed by atoms with Crippen molar-refractivity contribution in [2.24, 2.45) is 0 Å². The van der Waals surface area contributed by atoms with Crippen LogP contribution in [0.3, 0.4) is 0 Å². The van der Waals surface area contributed by atoms with Crippen LogP contribution in [0.5, 0.6) is 0 Å². The van der Waals surface area contributed by atoms with E-state index in [0.717, 1.165) is 25.1 Å². The van der Waals surface area contributed by atoms with Crippen LogP contribution in [-0.2, 0) is 13.0 Å². The summed E-state index contributed by atoms with van der Waals surface area (Å²) in [6.07, 6.45) is 1.96. The Kier molecular flexibility index (Phi) is 5.31. The van der Waals surface area contributed by atoms with Crippen molar-refractivity contribution in [2.75, 3.05) is 6.54 Å². The summed E-state index contributed by atoms with van der Waals surface area (Å²) in [4.78, 5) is 3.31. The van der Waals surface area contributed by atoms with Crippen LogP contribution in [0.1, 0.15) is 28.4 Å². The molecule has 0 bridgehead atoms. The van der Waals surface area contributed by atoms with Gasteiger partial charge in [-0.15, -0.1) is 0 Å². The maximum absolute atomic E-state index is 14.7. The van der Waals surface area contributed by atoms with Gasteiger partial charge in [-0.1, -0.05) is 72.8 Å². The molecule has 0 saturated carbocycles. The second-order valence-corrected chi connectivity index (χ2v) is 6.80. The summed E-state index contributed by atoms with van der Waals surface area (Å²) in [5.41, 5.74) is 5.00. The van der Waals surface area contributed by atoms with Crippen molar-refractivity contribution in [2.45, 2.75) is 19.1 Å². The number of aromatic amines is 1. The lowest BCUT2D eigenvalue weighted by molar-refractivity contribution is 0.401. The third kappa shape index (κ3) is 4.09. The van der Waals surface area contributed by atoms with E-state index in [1.807, 2.05) is 60.7 Å². The van der Waals surface area contributed by atoms with Crippen LogP contribution in [0.2, 0.25) is 0 Å². The molecule has 3 aromatic carbocycles. The second kappa shape index (κ2) is 8.19. The van der Waals surface area contributed by atoms with Crippen molar-refractivity contribution < 1.29 is 4.39 Å². The molecule has 0 aliphatic carbocycles. The Balaban J connectivity index is 1.35. The Hall–Kier alpha value is -2.91. The van der Waals surface area contributed by atoms with E-state index in [1.54, 1.807) is 0 Å². The van der Waals surface area contributed by atoms with Crippen molar-refractivity contribution in [3.63, 3.8) is 0 Å². The van der Waals surface area contributed by atoms with Crippen LogP contribution in [0.25, 0.3) is 10.9 Å². The van der Waals surface area contributed by atoms with Crippen molar-refractivity contribution in [3.8, 4) is 0 Å². The maximum Gasteiger partial charge on any atom is 0.150 e. The molecule has 136 valence electrons. The third-order valence-electron chi connectivity index (χ3n) is 4.91. The summed E-state index contributed by atoms with van der Waals surface area (Å²) in [6.45, 7) is 1.61. The first-order valence-electron chi connectivity index (χ1n) is 9.35. The van der Waals surface area contributed by atoms with E-state index in [1.165, 1.54) is 16.5 Å². The first kappa shape index (κ1) is 17.5. The van der Waals surface area contributed by atoms with E-state index in [-0.39, 0.29) is 0 Å². The second-order valence-electron chi connectivity index (χ2n) is 6.80. The monoisotopic (exact) mass is 358 g/mol. The molecular weight excluding hydrogens is 335 g/mol. The van der Waals surface area contributed by atoms with Gasteiger partial charge in [-0.05, 0) is 41.3 Å². The minimum Gasteiger partial charge on any atom is -0.361 e. The molecule has 0 saturated heterocycles. The topological polar surface area (TPSA) is 27.8 Å². The number of benzene rings is 3. The van der Waals surface area contributed by atoms with Gasteiger partial charge >= 0.3 is 0 Å². The number of halogens is 1. The van der Waals surface area contributed by atoms with Gasteiger partial charge in [0.25, 0.3) is 0 Å². The molecule has 0 fully saturated rings. The highest BCUT2D eigenvalue weighted by atomic mass is 19.1. The maximum atomic E-state index is 14.7. The summed E-state index contributed by atoms with van der Waals surface area (Å²) < 4.78 is 14.7. The van der Waals surface area contributed by atoms with Gasteiger partial charge in [0.05, 0.1) is 0 Å². The molecule has 4 aromatic rings. The van der Waals surface area contributed by atoms with E-state index in [2.05, 4.69) is 34.7 Å². The van der Waals surface area contributed by atoms with E-state index in [0.29, 0.717) is 11.1 Å². The van der Waals surface area contributed by atoms with Gasteiger partial charge in [0.15, 0.2) is 6.17 Å². The minimum absolute atomic E-state index is 0.696. The first-order chi connectivity index (χ1) is 13.3. The molecular formula is C24H23FN2. The number of H-pyrrole nitrogens is 1. The van der Waals surface area contributed by atoms with Crippen molar-refractivity contribution >= 4 is 10.9 Å². The first-order valence-corrected chi connectivity index (χ1v) is 9.35. The lowest BCUT2D eigenvalue weighted by Crippen LogP contribution is -2.16. The van der Waals surface area contributed by atoms with Crippen LogP contribution in [0.15, 0.2) is 85.1 Å². The van der Waals surface area contributed by atoms with Gasteiger partial charge in [0.2, 0.25) is 0 Å². The van der Waals surface area contributed by atoms with Crippen molar-refractivity contribution in [3.05, 3.63) is 107 Å². The smallest absolute Gasteiger partial charge is 0.150 e. The molecule has 4 rings (SSSR count). The van der Waals surface area contributed by atoms with Crippen LogP contribution in [-0.4, -0.2) is 11.5 Å². The summed E-state index contributed by atoms with van der Waals surface area (Å²) in [5, 5.41) is 4.76. The van der Waals surface area contributed by atoms with Crippen molar-refractivity contribution in [1.82, 2.24) is 10.3 Å². The zero-order chi connectivity index (χ0) is 18.5. The third-order valence-corrected chi connectivity index (χ3v) is 4.91. The van der Waals surface area contributed by atoms with Gasteiger partial charge in [0.1, 0.15) is 0 Å². The normalized spacial score (nSPS) is 12.3. The Morgan fingerprint density at radius 3 is 2.52 bits per heavy atom. The van der Waals surface area contributed by atoms with Gasteiger partial charge in [-0.3, -0.25) is 0 Å². The highest BCUT2D eigenvalue weighted by Crippen LogP contribution is 2.26. The number of para-hydroxylation sites is 1. The van der Waals surface area contributed by atoms with E-state index >= 15 is 0 Å². The molecule has 0 aliphatic heterocycles. The lowest BCUT2D eigenvalue weighted by atomic mass is 10.0. The zero-order valence-electron chi connectivity index (χ0n) is 15.2. The number of aromatic nitrogens is 1. The Morgan fingerprint density at radius 1 is 0.852 bits per heavy atom. The quantitative estimate of drug-likeness (QED) is 0.416. The largest absolute Gasteiger partial charge is 0.361 e. The molecule has 0 spiro atoms. The van der Waals surface area contributed by atoms with Gasteiger partial charge in [0, 0.05) is 23.6 Å². The highest BCUT2D eigenvalue weighted by molar-refractivity contribution is 5.83. The van der Waals surface area contributed by atoms with Crippen LogP contribution < -0.4 is 5.32 Å². The summed E-state index contributed by atoms with van der Waals surface area (Å²) in [6, 6.07) is 25.5. The van der Waals surface area contributed by atoms with Gasteiger partial charge in [-0.25, -0.2) is 4.39 Å². The number of hydrogen-bond acceptors (Lipinski definition) is 1. The fourth-order valence-corrected chi connectivity index (χ4v) is 3.47. The number of alkyl halides is 1. The Labute approximate surface area is 159 Å². The zero-order valence-corrected chi connectivity index (χ0v) is 15.2. The molecule has 27 heavy (non-hydrogen) atoms. The van der Waals surface area contributed by atoms with Crippen LogP contribution in [0, 0.1) is 0 Å². The predicted octanol–water partition coefficient (Wildman–Crippen LogP) is 5.56. The van der Waals surface area contributed by atoms with Crippen LogP contribution >= 0.6 is 0 Å². The highest BCUT2D eigenvalue weighted by Gasteiger charge is 2.12.